The molecule has 4 nitrogen and oxygen atoms in total. The van der Waals surface area contributed by atoms with Crippen LogP contribution in [0.3, 0.4) is 0 Å². The van der Waals surface area contributed by atoms with Crippen LogP contribution in [-0.2, 0) is 0 Å². The zero-order valence-electron chi connectivity index (χ0n) is 10.7. The van der Waals surface area contributed by atoms with Gasteiger partial charge in [0.25, 0.3) is 0 Å². The summed E-state index contributed by atoms with van der Waals surface area (Å²) in [5.74, 6) is -0.141. The second-order valence-electron chi connectivity index (χ2n) is 4.39. The van der Waals surface area contributed by atoms with Gasteiger partial charge in [-0.2, -0.15) is 0 Å². The van der Waals surface area contributed by atoms with Crippen LogP contribution in [0.4, 0.5) is 10.3 Å². The van der Waals surface area contributed by atoms with Crippen molar-refractivity contribution in [3.63, 3.8) is 0 Å². The lowest BCUT2D eigenvalue weighted by Crippen LogP contribution is -2.12. The predicted molar refractivity (Wildman–Crippen MR) is 79.7 cm³/mol. The highest BCUT2D eigenvalue weighted by molar-refractivity contribution is 7.09. The number of aromatic nitrogens is 3. The molecule has 7 heteroatoms. The molecule has 1 unspecified atom stereocenters. The van der Waals surface area contributed by atoms with Crippen molar-refractivity contribution in [1.82, 2.24) is 14.5 Å². The number of nitrogen functional groups attached to an aromatic ring is 1. The van der Waals surface area contributed by atoms with Crippen LogP contribution in [0.1, 0.15) is 24.4 Å². The Morgan fingerprint density at radius 2 is 2.30 bits per heavy atom. The number of benzene rings is 1. The molecule has 0 saturated heterocycles. The number of rotatable bonds is 3. The molecule has 0 aliphatic rings. The van der Waals surface area contributed by atoms with E-state index in [0.717, 1.165) is 11.4 Å². The highest BCUT2D eigenvalue weighted by atomic mass is 35.5. The van der Waals surface area contributed by atoms with Crippen LogP contribution >= 0.6 is 22.9 Å². The van der Waals surface area contributed by atoms with Gasteiger partial charge in [-0.15, -0.1) is 11.3 Å². The maximum absolute atomic E-state index is 13.7. The first-order chi connectivity index (χ1) is 9.61. The number of anilines is 1. The first kappa shape index (κ1) is 13.3. The molecule has 104 valence electrons. The van der Waals surface area contributed by atoms with Crippen molar-refractivity contribution >= 4 is 39.9 Å². The van der Waals surface area contributed by atoms with Gasteiger partial charge in [0.15, 0.2) is 0 Å². The van der Waals surface area contributed by atoms with E-state index >= 15 is 0 Å². The third-order valence-corrected chi connectivity index (χ3v) is 4.36. The molecule has 0 aliphatic heterocycles. The van der Waals surface area contributed by atoms with E-state index in [4.69, 9.17) is 17.3 Å². The normalized spacial score (nSPS) is 12.9. The van der Waals surface area contributed by atoms with Crippen molar-refractivity contribution < 1.29 is 4.39 Å². The highest BCUT2D eigenvalue weighted by Crippen LogP contribution is 2.32. The van der Waals surface area contributed by atoms with Crippen LogP contribution < -0.4 is 5.73 Å². The Hall–Kier alpha value is -1.66. The van der Waals surface area contributed by atoms with Crippen molar-refractivity contribution in [1.29, 1.82) is 0 Å². The molecule has 2 heterocycles. The minimum Gasteiger partial charge on any atom is -0.369 e. The summed E-state index contributed by atoms with van der Waals surface area (Å²) in [4.78, 5) is 8.59. The van der Waals surface area contributed by atoms with Crippen molar-refractivity contribution in [2.75, 3.05) is 5.73 Å². The van der Waals surface area contributed by atoms with Crippen LogP contribution in [0.2, 0.25) is 5.02 Å². The third kappa shape index (κ3) is 2.05. The summed E-state index contributed by atoms with van der Waals surface area (Å²) in [5.41, 5.74) is 7.22. The number of hydrogen-bond donors (Lipinski definition) is 1. The van der Waals surface area contributed by atoms with Gasteiger partial charge in [0.1, 0.15) is 10.8 Å². The number of nitrogens with two attached hydrogens (primary N) is 1. The van der Waals surface area contributed by atoms with Gasteiger partial charge in [-0.1, -0.05) is 18.5 Å². The summed E-state index contributed by atoms with van der Waals surface area (Å²) in [5, 5.41) is 2.88. The average molecular weight is 311 g/mol. The first-order valence-corrected chi connectivity index (χ1v) is 7.39. The van der Waals surface area contributed by atoms with E-state index in [1.165, 1.54) is 12.1 Å². The quantitative estimate of drug-likeness (QED) is 0.799. The number of nitrogens with zero attached hydrogens (tertiary/aromatic N) is 3. The Kier molecular flexibility index (Phi) is 3.35. The molecule has 0 radical (unpaired) electrons. The fraction of sp³-hybridized carbons (Fsp3) is 0.231. The molecule has 0 fully saturated rings. The highest BCUT2D eigenvalue weighted by Gasteiger charge is 2.21. The minimum absolute atomic E-state index is 0.0458. The van der Waals surface area contributed by atoms with E-state index in [1.807, 2.05) is 16.9 Å². The largest absolute Gasteiger partial charge is 0.369 e. The topological polar surface area (TPSA) is 56.7 Å². The molecule has 3 aromatic rings. The van der Waals surface area contributed by atoms with E-state index in [2.05, 4.69) is 9.97 Å². The molecule has 0 spiro atoms. The summed E-state index contributed by atoms with van der Waals surface area (Å²) in [6.07, 6.45) is 2.53. The van der Waals surface area contributed by atoms with Crippen molar-refractivity contribution in [2.45, 2.75) is 19.4 Å². The molecular formula is C13H12ClFN4S. The molecule has 2 aromatic heterocycles. The lowest BCUT2D eigenvalue weighted by molar-refractivity contribution is 0.582. The molecule has 1 atom stereocenters. The van der Waals surface area contributed by atoms with Gasteiger partial charge < -0.3 is 10.3 Å². The smallest absolute Gasteiger partial charge is 0.201 e. The maximum atomic E-state index is 13.7. The zero-order chi connectivity index (χ0) is 14.3. The Bertz CT molecular complexity index is 753. The van der Waals surface area contributed by atoms with Crippen LogP contribution in [-0.4, -0.2) is 14.5 Å². The van der Waals surface area contributed by atoms with Crippen molar-refractivity contribution in [3.05, 3.63) is 39.6 Å². The molecular weight excluding hydrogens is 299 g/mol. The van der Waals surface area contributed by atoms with Gasteiger partial charge in [-0.25, -0.2) is 14.4 Å². The lowest BCUT2D eigenvalue weighted by Gasteiger charge is -2.16. The average Bonchev–Trinajstić information content (AvgIpc) is 3.02. The lowest BCUT2D eigenvalue weighted by atomic mass is 10.2. The van der Waals surface area contributed by atoms with Crippen LogP contribution in [0.15, 0.2) is 23.7 Å². The monoisotopic (exact) mass is 310 g/mol. The fourth-order valence-electron chi connectivity index (χ4n) is 2.30. The second kappa shape index (κ2) is 5.03. The van der Waals surface area contributed by atoms with Crippen molar-refractivity contribution in [3.8, 4) is 0 Å². The van der Waals surface area contributed by atoms with E-state index in [1.54, 1.807) is 17.5 Å². The number of thiazole rings is 1. The number of fused-ring (bicyclic) bond motifs is 1. The summed E-state index contributed by atoms with van der Waals surface area (Å²) in [7, 11) is 0. The number of hydrogen-bond acceptors (Lipinski definition) is 4. The van der Waals surface area contributed by atoms with E-state index in [-0.39, 0.29) is 11.1 Å². The minimum atomic E-state index is -0.477. The van der Waals surface area contributed by atoms with Gasteiger partial charge in [-0.3, -0.25) is 0 Å². The van der Waals surface area contributed by atoms with Gasteiger partial charge in [0.05, 0.1) is 22.1 Å². The summed E-state index contributed by atoms with van der Waals surface area (Å²) in [6.45, 7) is 2.03. The summed E-state index contributed by atoms with van der Waals surface area (Å²) in [6, 6.07) is 2.81. The van der Waals surface area contributed by atoms with E-state index in [0.29, 0.717) is 17.0 Å². The molecule has 0 aliphatic carbocycles. The molecule has 20 heavy (non-hydrogen) atoms. The molecule has 0 amide bonds. The number of imidazole rings is 1. The molecule has 2 N–H and O–H groups in total. The zero-order valence-corrected chi connectivity index (χ0v) is 12.2. The predicted octanol–water partition coefficient (Wildman–Crippen LogP) is 3.87. The summed E-state index contributed by atoms with van der Waals surface area (Å²) < 4.78 is 15.5. The van der Waals surface area contributed by atoms with Gasteiger partial charge in [0, 0.05) is 17.6 Å². The first-order valence-electron chi connectivity index (χ1n) is 6.13. The Morgan fingerprint density at radius 1 is 1.50 bits per heavy atom. The Balaban J connectivity index is 2.24. The Morgan fingerprint density at radius 3 is 2.95 bits per heavy atom. The van der Waals surface area contributed by atoms with Gasteiger partial charge in [-0.05, 0) is 12.5 Å². The molecule has 1 aromatic carbocycles. The summed E-state index contributed by atoms with van der Waals surface area (Å²) >= 11 is 7.33. The van der Waals surface area contributed by atoms with Gasteiger partial charge >= 0.3 is 0 Å². The van der Waals surface area contributed by atoms with Crippen LogP contribution in [0, 0.1) is 5.82 Å². The fourth-order valence-corrected chi connectivity index (χ4v) is 3.27. The van der Waals surface area contributed by atoms with E-state index < -0.39 is 5.82 Å². The molecule has 0 bridgehead atoms. The van der Waals surface area contributed by atoms with Gasteiger partial charge in [0.2, 0.25) is 5.95 Å². The van der Waals surface area contributed by atoms with Crippen LogP contribution in [0.5, 0.6) is 0 Å². The van der Waals surface area contributed by atoms with Crippen molar-refractivity contribution in [2.24, 2.45) is 0 Å². The maximum Gasteiger partial charge on any atom is 0.201 e. The Labute approximate surface area is 124 Å². The standard InChI is InChI=1S/C13H12ClFN4S/c1-2-10(12-17-3-4-20-12)19-11-6-8(15)7(14)5-9(11)18-13(19)16/h3-6,10H,2H2,1H3,(H2,16,18). The van der Waals surface area contributed by atoms with Crippen LogP contribution in [0.25, 0.3) is 11.0 Å². The SMILES string of the molecule is CCC(c1nccs1)n1c(N)nc2cc(Cl)c(F)cc21. The molecule has 0 saturated carbocycles. The van der Waals surface area contributed by atoms with E-state index in [9.17, 15) is 4.39 Å². The third-order valence-electron chi connectivity index (χ3n) is 3.19. The second-order valence-corrected chi connectivity index (χ2v) is 5.72. The number of halogens is 2. The molecule has 3 rings (SSSR count).